The van der Waals surface area contributed by atoms with Crippen LogP contribution in [0.5, 0.6) is 0 Å². The standard InChI is InChI=1S/C22H33N7O/c1-3-24-22(28-9-6-18(2)20(16-28)29-10-8-23-17-29)26-15-19-5-4-7-25-21(19)27-11-13-30-14-12-27/h4-5,7-8,10,17-18,20H,3,6,9,11-16H2,1-2H3,(H,24,26). The number of ether oxygens (including phenoxy) is 1. The Hall–Kier alpha value is -2.61. The predicted octanol–water partition coefficient (Wildman–Crippen LogP) is 2.16. The zero-order valence-electron chi connectivity index (χ0n) is 18.1. The summed E-state index contributed by atoms with van der Waals surface area (Å²) in [5.41, 5.74) is 1.16. The van der Waals surface area contributed by atoms with Gasteiger partial charge in [0.05, 0.1) is 32.1 Å². The van der Waals surface area contributed by atoms with E-state index in [0.29, 0.717) is 18.5 Å². The van der Waals surface area contributed by atoms with Crippen LogP contribution in [0.15, 0.2) is 42.0 Å². The van der Waals surface area contributed by atoms with Gasteiger partial charge in [0, 0.05) is 56.9 Å². The number of morpholine rings is 1. The Morgan fingerprint density at radius 1 is 1.27 bits per heavy atom. The maximum Gasteiger partial charge on any atom is 0.194 e. The predicted molar refractivity (Wildman–Crippen MR) is 119 cm³/mol. The van der Waals surface area contributed by atoms with Gasteiger partial charge in [-0.15, -0.1) is 0 Å². The fraction of sp³-hybridized carbons (Fsp3) is 0.591. The number of anilines is 1. The first-order chi connectivity index (χ1) is 14.8. The molecule has 0 spiro atoms. The zero-order valence-corrected chi connectivity index (χ0v) is 18.1. The molecule has 162 valence electrons. The number of aromatic nitrogens is 3. The van der Waals surface area contributed by atoms with Gasteiger partial charge in [-0.1, -0.05) is 13.0 Å². The molecule has 0 radical (unpaired) electrons. The molecule has 8 heteroatoms. The topological polar surface area (TPSA) is 70.8 Å². The number of pyridine rings is 1. The molecule has 2 saturated heterocycles. The SMILES string of the molecule is CCNC(=NCc1cccnc1N1CCOCC1)N1CCC(C)C(n2ccnc2)C1. The highest BCUT2D eigenvalue weighted by Crippen LogP contribution is 2.27. The lowest BCUT2D eigenvalue weighted by Crippen LogP contribution is -2.49. The molecule has 2 unspecified atom stereocenters. The van der Waals surface area contributed by atoms with E-state index in [1.54, 1.807) is 0 Å². The van der Waals surface area contributed by atoms with Gasteiger partial charge in [-0.2, -0.15) is 0 Å². The molecule has 2 aliphatic rings. The van der Waals surface area contributed by atoms with Crippen LogP contribution >= 0.6 is 0 Å². The molecule has 1 N–H and O–H groups in total. The van der Waals surface area contributed by atoms with E-state index in [0.717, 1.165) is 69.7 Å². The maximum atomic E-state index is 5.50. The van der Waals surface area contributed by atoms with Crippen molar-refractivity contribution in [1.82, 2.24) is 24.8 Å². The molecule has 4 rings (SSSR count). The lowest BCUT2D eigenvalue weighted by atomic mass is 9.93. The van der Waals surface area contributed by atoms with Gasteiger partial charge < -0.3 is 24.4 Å². The third-order valence-corrected chi connectivity index (χ3v) is 6.04. The van der Waals surface area contributed by atoms with Crippen molar-refractivity contribution < 1.29 is 4.74 Å². The highest BCUT2D eigenvalue weighted by molar-refractivity contribution is 5.80. The van der Waals surface area contributed by atoms with E-state index in [1.165, 1.54) is 0 Å². The smallest absolute Gasteiger partial charge is 0.194 e. The Balaban J connectivity index is 1.51. The summed E-state index contributed by atoms with van der Waals surface area (Å²) in [4.78, 5) is 18.6. The van der Waals surface area contributed by atoms with Crippen molar-refractivity contribution in [3.05, 3.63) is 42.6 Å². The van der Waals surface area contributed by atoms with Crippen LogP contribution in [-0.4, -0.2) is 71.3 Å². The Kier molecular flexibility index (Phi) is 6.84. The van der Waals surface area contributed by atoms with Gasteiger partial charge in [-0.3, -0.25) is 0 Å². The summed E-state index contributed by atoms with van der Waals surface area (Å²) in [7, 11) is 0. The highest BCUT2D eigenvalue weighted by atomic mass is 16.5. The summed E-state index contributed by atoms with van der Waals surface area (Å²) in [6, 6.07) is 4.55. The fourth-order valence-electron chi connectivity index (χ4n) is 4.29. The number of imidazole rings is 1. The summed E-state index contributed by atoms with van der Waals surface area (Å²) >= 11 is 0. The molecule has 8 nitrogen and oxygen atoms in total. The fourth-order valence-corrected chi connectivity index (χ4v) is 4.29. The summed E-state index contributed by atoms with van der Waals surface area (Å²) in [5.74, 6) is 2.62. The molecule has 0 saturated carbocycles. The second-order valence-electron chi connectivity index (χ2n) is 8.04. The van der Waals surface area contributed by atoms with Crippen molar-refractivity contribution >= 4 is 11.8 Å². The second kappa shape index (κ2) is 9.93. The summed E-state index contributed by atoms with van der Waals surface area (Å²) in [6.45, 7) is 11.1. The van der Waals surface area contributed by atoms with Crippen molar-refractivity contribution in [2.24, 2.45) is 10.9 Å². The van der Waals surface area contributed by atoms with Gasteiger partial charge in [0.25, 0.3) is 0 Å². The van der Waals surface area contributed by atoms with Crippen molar-refractivity contribution in [3.63, 3.8) is 0 Å². The molecule has 0 aliphatic carbocycles. The minimum Gasteiger partial charge on any atom is -0.378 e. The number of likely N-dealkylation sites (tertiary alicyclic amines) is 1. The highest BCUT2D eigenvalue weighted by Gasteiger charge is 2.29. The number of nitrogens with zero attached hydrogens (tertiary/aromatic N) is 6. The monoisotopic (exact) mass is 411 g/mol. The lowest BCUT2D eigenvalue weighted by molar-refractivity contribution is 0.122. The van der Waals surface area contributed by atoms with E-state index >= 15 is 0 Å². The molecular weight excluding hydrogens is 378 g/mol. The van der Waals surface area contributed by atoms with E-state index in [9.17, 15) is 0 Å². The molecule has 2 aromatic rings. The molecule has 0 aromatic carbocycles. The quantitative estimate of drug-likeness (QED) is 0.601. The van der Waals surface area contributed by atoms with Crippen LogP contribution in [0.3, 0.4) is 0 Å². The maximum absolute atomic E-state index is 5.50. The molecule has 2 aliphatic heterocycles. The van der Waals surface area contributed by atoms with Crippen LogP contribution < -0.4 is 10.2 Å². The Bertz CT molecular complexity index is 817. The van der Waals surface area contributed by atoms with Crippen LogP contribution in [0.4, 0.5) is 5.82 Å². The first-order valence-corrected chi connectivity index (χ1v) is 11.0. The van der Waals surface area contributed by atoms with Crippen molar-refractivity contribution in [3.8, 4) is 0 Å². The molecule has 30 heavy (non-hydrogen) atoms. The number of aliphatic imine (C=N–C) groups is 1. The van der Waals surface area contributed by atoms with Gasteiger partial charge >= 0.3 is 0 Å². The summed E-state index contributed by atoms with van der Waals surface area (Å²) in [6.07, 6.45) is 8.86. The van der Waals surface area contributed by atoms with Crippen molar-refractivity contribution in [2.75, 3.05) is 50.8 Å². The first kappa shape index (κ1) is 20.7. The molecular formula is C22H33N7O. The lowest BCUT2D eigenvalue weighted by Gasteiger charge is -2.39. The minimum absolute atomic E-state index is 0.410. The van der Waals surface area contributed by atoms with Crippen LogP contribution in [0, 0.1) is 5.92 Å². The minimum atomic E-state index is 0.410. The number of rotatable bonds is 5. The molecule has 4 heterocycles. The van der Waals surface area contributed by atoms with Gasteiger partial charge in [0.1, 0.15) is 5.82 Å². The number of hydrogen-bond acceptors (Lipinski definition) is 5. The van der Waals surface area contributed by atoms with Crippen LogP contribution in [0.25, 0.3) is 0 Å². The Morgan fingerprint density at radius 2 is 2.13 bits per heavy atom. The van der Waals surface area contributed by atoms with E-state index in [2.05, 4.69) is 55.8 Å². The first-order valence-electron chi connectivity index (χ1n) is 11.0. The number of guanidine groups is 1. The average molecular weight is 412 g/mol. The van der Waals surface area contributed by atoms with E-state index in [1.807, 2.05) is 24.8 Å². The third-order valence-electron chi connectivity index (χ3n) is 6.04. The van der Waals surface area contributed by atoms with Crippen LogP contribution in [0.1, 0.15) is 31.9 Å². The second-order valence-corrected chi connectivity index (χ2v) is 8.04. The van der Waals surface area contributed by atoms with Gasteiger partial charge in [0.2, 0.25) is 0 Å². The molecule has 0 amide bonds. The Labute approximate surface area is 179 Å². The number of hydrogen-bond donors (Lipinski definition) is 1. The van der Waals surface area contributed by atoms with Gasteiger partial charge in [-0.05, 0) is 25.3 Å². The van der Waals surface area contributed by atoms with Gasteiger partial charge in [0.15, 0.2) is 5.96 Å². The van der Waals surface area contributed by atoms with Crippen molar-refractivity contribution in [2.45, 2.75) is 32.9 Å². The molecule has 2 atom stereocenters. The molecule has 2 aromatic heterocycles. The van der Waals surface area contributed by atoms with E-state index in [-0.39, 0.29) is 0 Å². The van der Waals surface area contributed by atoms with Crippen LogP contribution in [-0.2, 0) is 11.3 Å². The summed E-state index contributed by atoms with van der Waals surface area (Å²) < 4.78 is 7.73. The van der Waals surface area contributed by atoms with Crippen LogP contribution in [0.2, 0.25) is 0 Å². The normalized spacial score (nSPS) is 22.9. The number of nitrogens with one attached hydrogen (secondary N) is 1. The van der Waals surface area contributed by atoms with Crippen molar-refractivity contribution in [1.29, 1.82) is 0 Å². The summed E-state index contributed by atoms with van der Waals surface area (Å²) in [5, 5.41) is 3.50. The van der Waals surface area contributed by atoms with E-state index < -0.39 is 0 Å². The molecule has 0 bridgehead atoms. The van der Waals surface area contributed by atoms with E-state index in [4.69, 9.17) is 9.73 Å². The third kappa shape index (κ3) is 4.75. The Morgan fingerprint density at radius 3 is 2.90 bits per heavy atom. The molecule has 2 fully saturated rings. The number of piperidine rings is 1. The largest absolute Gasteiger partial charge is 0.378 e. The zero-order chi connectivity index (χ0) is 20.8. The average Bonchev–Trinajstić information content (AvgIpc) is 3.33. The van der Waals surface area contributed by atoms with Gasteiger partial charge in [-0.25, -0.2) is 15.0 Å².